The summed E-state index contributed by atoms with van der Waals surface area (Å²) in [6, 6.07) is 3.62. The number of halogens is 3. The zero-order chi connectivity index (χ0) is 15.8. The van der Waals surface area contributed by atoms with E-state index in [0.717, 1.165) is 18.6 Å². The molecule has 1 aliphatic heterocycles. The highest BCUT2D eigenvalue weighted by Gasteiger charge is 2.36. The first-order chi connectivity index (χ1) is 9.70. The standard InChI is InChI=1S/C14H17F3N2O2/c1-18(2)10-5-6-19(8-10)9-3-4-12(14(15,16)17)11(7-9)13(20)21/h3-4,7,10H,5-6,8H2,1-2H3,(H,20,21). The summed E-state index contributed by atoms with van der Waals surface area (Å²) in [5.41, 5.74) is -1.29. The number of likely N-dealkylation sites (N-methyl/N-ethyl adjacent to an activating group) is 1. The van der Waals surface area contributed by atoms with Crippen LogP contribution in [0.15, 0.2) is 18.2 Å². The predicted octanol–water partition coefficient (Wildman–Crippen LogP) is 2.54. The van der Waals surface area contributed by atoms with E-state index in [4.69, 9.17) is 5.11 Å². The number of hydrogen-bond acceptors (Lipinski definition) is 3. The fourth-order valence-corrected chi connectivity index (χ4v) is 2.55. The number of alkyl halides is 3. The van der Waals surface area contributed by atoms with Crippen LogP contribution in [0.1, 0.15) is 22.3 Å². The van der Waals surface area contributed by atoms with E-state index < -0.39 is 23.3 Å². The third-order valence-electron chi connectivity index (χ3n) is 3.80. The molecule has 1 atom stereocenters. The van der Waals surface area contributed by atoms with E-state index in [1.54, 1.807) is 0 Å². The smallest absolute Gasteiger partial charge is 0.417 e. The second kappa shape index (κ2) is 5.55. The van der Waals surface area contributed by atoms with Crippen LogP contribution in [0.2, 0.25) is 0 Å². The van der Waals surface area contributed by atoms with Crippen molar-refractivity contribution >= 4 is 11.7 Å². The Balaban J connectivity index is 2.31. The molecule has 0 saturated carbocycles. The average Bonchev–Trinajstić information content (AvgIpc) is 2.86. The molecule has 0 spiro atoms. The topological polar surface area (TPSA) is 43.8 Å². The summed E-state index contributed by atoms with van der Waals surface area (Å²) in [7, 11) is 3.90. The van der Waals surface area contributed by atoms with Gasteiger partial charge in [0.05, 0.1) is 11.1 Å². The zero-order valence-corrected chi connectivity index (χ0v) is 11.8. The molecule has 1 fully saturated rings. The van der Waals surface area contributed by atoms with E-state index in [0.29, 0.717) is 24.8 Å². The van der Waals surface area contributed by atoms with Crippen LogP contribution in [0.3, 0.4) is 0 Å². The van der Waals surface area contributed by atoms with E-state index in [2.05, 4.69) is 4.90 Å². The molecule has 21 heavy (non-hydrogen) atoms. The lowest BCUT2D eigenvalue weighted by Crippen LogP contribution is -2.31. The molecule has 116 valence electrons. The van der Waals surface area contributed by atoms with Gasteiger partial charge in [-0.15, -0.1) is 0 Å². The number of hydrogen-bond donors (Lipinski definition) is 1. The normalized spacial score (nSPS) is 19.3. The molecule has 1 aliphatic rings. The van der Waals surface area contributed by atoms with Crippen LogP contribution >= 0.6 is 0 Å². The van der Waals surface area contributed by atoms with Crippen LogP contribution in [0.5, 0.6) is 0 Å². The summed E-state index contributed by atoms with van der Waals surface area (Å²) < 4.78 is 38.4. The molecule has 1 aromatic rings. The van der Waals surface area contributed by atoms with Gasteiger partial charge in [0, 0.05) is 24.8 Å². The maximum atomic E-state index is 12.8. The number of anilines is 1. The van der Waals surface area contributed by atoms with Crippen molar-refractivity contribution in [1.82, 2.24) is 4.90 Å². The minimum Gasteiger partial charge on any atom is -0.478 e. The minimum atomic E-state index is -4.66. The molecule has 0 bridgehead atoms. The van der Waals surface area contributed by atoms with Gasteiger partial charge in [-0.2, -0.15) is 13.2 Å². The first kappa shape index (κ1) is 15.6. The van der Waals surface area contributed by atoms with E-state index in [-0.39, 0.29) is 0 Å². The molecule has 2 rings (SSSR count). The molecule has 0 radical (unpaired) electrons. The lowest BCUT2D eigenvalue weighted by Gasteiger charge is -2.22. The molecule has 1 N–H and O–H groups in total. The van der Waals surface area contributed by atoms with Crippen molar-refractivity contribution in [3.63, 3.8) is 0 Å². The Bertz CT molecular complexity index is 544. The van der Waals surface area contributed by atoms with E-state index >= 15 is 0 Å². The van der Waals surface area contributed by atoms with Gasteiger partial charge in [0.2, 0.25) is 0 Å². The number of carbonyl (C=O) groups is 1. The van der Waals surface area contributed by atoms with Crippen molar-refractivity contribution in [2.45, 2.75) is 18.6 Å². The predicted molar refractivity (Wildman–Crippen MR) is 72.7 cm³/mol. The highest BCUT2D eigenvalue weighted by Crippen LogP contribution is 2.34. The Kier molecular flexibility index (Phi) is 4.13. The van der Waals surface area contributed by atoms with Gasteiger partial charge in [-0.1, -0.05) is 0 Å². The SMILES string of the molecule is CN(C)C1CCN(c2ccc(C(F)(F)F)c(C(=O)O)c2)C1. The molecular formula is C14H17F3N2O2. The fraction of sp³-hybridized carbons (Fsp3) is 0.500. The Morgan fingerprint density at radius 1 is 1.38 bits per heavy atom. The highest BCUT2D eigenvalue weighted by molar-refractivity contribution is 5.91. The molecule has 1 unspecified atom stereocenters. The Labute approximate surface area is 120 Å². The second-order valence-electron chi connectivity index (χ2n) is 5.38. The van der Waals surface area contributed by atoms with Gasteiger partial charge in [0.1, 0.15) is 0 Å². The number of rotatable bonds is 3. The largest absolute Gasteiger partial charge is 0.478 e. The van der Waals surface area contributed by atoms with Crippen LogP contribution in [0, 0.1) is 0 Å². The Morgan fingerprint density at radius 2 is 2.05 bits per heavy atom. The van der Waals surface area contributed by atoms with E-state index in [1.165, 1.54) is 6.07 Å². The number of benzene rings is 1. The van der Waals surface area contributed by atoms with Gasteiger partial charge in [0.25, 0.3) is 0 Å². The van der Waals surface area contributed by atoms with Crippen molar-refractivity contribution in [2.75, 3.05) is 32.1 Å². The van der Waals surface area contributed by atoms with E-state index in [9.17, 15) is 18.0 Å². The van der Waals surface area contributed by atoms with Crippen LogP contribution in [0.4, 0.5) is 18.9 Å². The molecule has 0 aliphatic carbocycles. The first-order valence-electron chi connectivity index (χ1n) is 6.56. The molecular weight excluding hydrogens is 285 g/mol. The van der Waals surface area contributed by atoms with Crippen molar-refractivity contribution in [2.24, 2.45) is 0 Å². The van der Waals surface area contributed by atoms with Gasteiger partial charge in [-0.05, 0) is 38.7 Å². The summed E-state index contributed by atoms with van der Waals surface area (Å²) in [6.45, 7) is 1.38. The number of aromatic carboxylic acids is 1. The van der Waals surface area contributed by atoms with Gasteiger partial charge in [-0.3, -0.25) is 0 Å². The Morgan fingerprint density at radius 3 is 2.52 bits per heavy atom. The second-order valence-corrected chi connectivity index (χ2v) is 5.38. The van der Waals surface area contributed by atoms with Gasteiger partial charge in [-0.25, -0.2) is 4.79 Å². The maximum absolute atomic E-state index is 12.8. The van der Waals surface area contributed by atoms with Crippen LogP contribution in [-0.2, 0) is 6.18 Å². The maximum Gasteiger partial charge on any atom is 0.417 e. The summed E-state index contributed by atoms with van der Waals surface area (Å²) in [5, 5.41) is 9.01. The van der Waals surface area contributed by atoms with Crippen molar-refractivity contribution in [3.8, 4) is 0 Å². The summed E-state index contributed by atoms with van der Waals surface area (Å²) in [4.78, 5) is 15.1. The quantitative estimate of drug-likeness (QED) is 0.932. The lowest BCUT2D eigenvalue weighted by atomic mass is 10.1. The van der Waals surface area contributed by atoms with Gasteiger partial charge < -0.3 is 14.9 Å². The number of nitrogens with zero attached hydrogens (tertiary/aromatic N) is 2. The first-order valence-corrected chi connectivity index (χ1v) is 6.56. The molecule has 1 saturated heterocycles. The van der Waals surface area contributed by atoms with Crippen molar-refractivity contribution in [3.05, 3.63) is 29.3 Å². The van der Waals surface area contributed by atoms with Crippen LogP contribution < -0.4 is 4.90 Å². The third-order valence-corrected chi connectivity index (χ3v) is 3.80. The Hall–Kier alpha value is -1.76. The van der Waals surface area contributed by atoms with Crippen LogP contribution in [0.25, 0.3) is 0 Å². The highest BCUT2D eigenvalue weighted by atomic mass is 19.4. The molecule has 0 amide bonds. The molecule has 1 heterocycles. The van der Waals surface area contributed by atoms with Crippen molar-refractivity contribution in [1.29, 1.82) is 0 Å². The molecule has 0 aromatic heterocycles. The van der Waals surface area contributed by atoms with Gasteiger partial charge >= 0.3 is 12.1 Å². The summed E-state index contributed by atoms with van der Waals surface area (Å²) in [6.07, 6.45) is -3.76. The van der Waals surface area contributed by atoms with Crippen LogP contribution in [-0.4, -0.2) is 49.2 Å². The number of carboxylic acid groups (broad SMARTS) is 1. The summed E-state index contributed by atoms with van der Waals surface area (Å²) >= 11 is 0. The molecule has 1 aromatic carbocycles. The van der Waals surface area contributed by atoms with E-state index in [1.807, 2.05) is 19.0 Å². The summed E-state index contributed by atoms with van der Waals surface area (Å²) in [5.74, 6) is -1.56. The minimum absolute atomic E-state index is 0.320. The monoisotopic (exact) mass is 302 g/mol. The number of carboxylic acids is 1. The van der Waals surface area contributed by atoms with Crippen molar-refractivity contribution < 1.29 is 23.1 Å². The zero-order valence-electron chi connectivity index (χ0n) is 11.8. The lowest BCUT2D eigenvalue weighted by molar-refractivity contribution is -0.138. The molecule has 4 nitrogen and oxygen atoms in total. The van der Waals surface area contributed by atoms with Gasteiger partial charge in [0.15, 0.2) is 0 Å². The molecule has 7 heteroatoms. The third kappa shape index (κ3) is 3.29. The fourth-order valence-electron chi connectivity index (χ4n) is 2.55. The average molecular weight is 302 g/mol.